The molecule has 0 spiro atoms. The molecule has 0 bridgehead atoms. The Hall–Kier alpha value is -1.98. The number of ether oxygens (including phenoxy) is 1. The van der Waals surface area contributed by atoms with Gasteiger partial charge < -0.3 is 15.0 Å². The maximum absolute atomic E-state index is 14.1. The minimum atomic E-state index is -0.558. The number of likely N-dealkylation sites (N-methyl/N-ethyl adjacent to an activating group) is 1. The summed E-state index contributed by atoms with van der Waals surface area (Å²) in [5.74, 6) is -0.251. The molecule has 2 aromatic carbocycles. The maximum Gasteiger partial charge on any atom is 0.131 e. The Kier molecular flexibility index (Phi) is 5.11. The maximum atomic E-state index is 14.1. The number of fused-ring (bicyclic) bond motifs is 1. The molecule has 0 aromatic heterocycles. The zero-order valence-electron chi connectivity index (χ0n) is 14.0. The molecule has 1 unspecified atom stereocenters. The number of nitrogens with zero attached hydrogens (tertiary/aromatic N) is 1. The third-order valence-electron chi connectivity index (χ3n) is 4.25. The first kappa shape index (κ1) is 16.9. The van der Waals surface area contributed by atoms with Gasteiger partial charge in [0.25, 0.3) is 0 Å². The Morgan fingerprint density at radius 3 is 2.67 bits per heavy atom. The van der Waals surface area contributed by atoms with Crippen LogP contribution in [0.25, 0.3) is 0 Å². The summed E-state index contributed by atoms with van der Waals surface area (Å²) in [7, 11) is 4.01. The lowest BCUT2D eigenvalue weighted by Crippen LogP contribution is -2.31. The van der Waals surface area contributed by atoms with Gasteiger partial charge in [-0.05, 0) is 49.8 Å². The number of rotatable bonds is 5. The van der Waals surface area contributed by atoms with E-state index < -0.39 is 11.6 Å². The van der Waals surface area contributed by atoms with E-state index in [1.165, 1.54) is 12.1 Å². The fraction of sp³-hybridized carbons (Fsp3) is 0.368. The van der Waals surface area contributed by atoms with Crippen LogP contribution in [-0.4, -0.2) is 38.7 Å². The molecule has 0 saturated carbocycles. The van der Waals surface area contributed by atoms with Crippen LogP contribution < -0.4 is 10.1 Å². The predicted molar refractivity (Wildman–Crippen MR) is 90.4 cm³/mol. The zero-order valence-corrected chi connectivity index (χ0v) is 14.0. The molecular formula is C19H22F2N2O. The molecule has 1 heterocycles. The van der Waals surface area contributed by atoms with Crippen molar-refractivity contribution in [3.63, 3.8) is 0 Å². The van der Waals surface area contributed by atoms with Gasteiger partial charge in [-0.15, -0.1) is 0 Å². The predicted octanol–water partition coefficient (Wildman–Crippen LogP) is 3.14. The Morgan fingerprint density at radius 1 is 1.12 bits per heavy atom. The van der Waals surface area contributed by atoms with Crippen molar-refractivity contribution in [3.05, 3.63) is 64.7 Å². The molecule has 0 amide bonds. The molecule has 5 heteroatoms. The molecule has 1 N–H and O–H groups in total. The van der Waals surface area contributed by atoms with Crippen LogP contribution in [0.2, 0.25) is 0 Å². The number of halogens is 2. The fourth-order valence-corrected chi connectivity index (χ4v) is 2.99. The molecule has 1 aliphatic heterocycles. The summed E-state index contributed by atoms with van der Waals surface area (Å²) in [6.45, 7) is 2.22. The van der Waals surface area contributed by atoms with E-state index in [0.717, 1.165) is 42.5 Å². The number of hydrogen-bond acceptors (Lipinski definition) is 3. The highest BCUT2D eigenvalue weighted by atomic mass is 19.1. The van der Waals surface area contributed by atoms with Gasteiger partial charge in [0.2, 0.25) is 0 Å². The van der Waals surface area contributed by atoms with Crippen LogP contribution in [-0.2, 0) is 6.42 Å². The normalized spacial score (nSPS) is 17.0. The minimum absolute atomic E-state index is 0.259. The molecule has 3 nitrogen and oxygen atoms in total. The monoisotopic (exact) mass is 332 g/mol. The lowest BCUT2D eigenvalue weighted by Gasteiger charge is -2.28. The third-order valence-corrected chi connectivity index (χ3v) is 4.25. The SMILES string of the molecule is CN(C)CCOc1ccc2c(c1)CCNC2c1ccc(F)cc1F. The molecule has 1 aliphatic rings. The summed E-state index contributed by atoms with van der Waals surface area (Å²) >= 11 is 0. The second-order valence-corrected chi connectivity index (χ2v) is 6.32. The van der Waals surface area contributed by atoms with Gasteiger partial charge in [-0.25, -0.2) is 8.78 Å². The van der Waals surface area contributed by atoms with Crippen molar-refractivity contribution in [2.45, 2.75) is 12.5 Å². The molecule has 3 rings (SSSR count). The minimum Gasteiger partial charge on any atom is -0.492 e. The Morgan fingerprint density at radius 2 is 1.92 bits per heavy atom. The summed E-state index contributed by atoms with van der Waals surface area (Å²) in [4.78, 5) is 2.07. The van der Waals surface area contributed by atoms with Crippen LogP contribution in [0.15, 0.2) is 36.4 Å². The molecule has 2 aromatic rings. The van der Waals surface area contributed by atoms with Gasteiger partial charge in [0, 0.05) is 24.7 Å². The molecule has 0 fully saturated rings. The first-order valence-electron chi connectivity index (χ1n) is 8.13. The summed E-state index contributed by atoms with van der Waals surface area (Å²) < 4.78 is 33.1. The number of hydrogen-bond donors (Lipinski definition) is 1. The third kappa shape index (κ3) is 3.74. The molecule has 0 saturated heterocycles. The average molecular weight is 332 g/mol. The van der Waals surface area contributed by atoms with Gasteiger partial charge in [0.05, 0.1) is 6.04 Å². The number of benzene rings is 2. The summed E-state index contributed by atoms with van der Waals surface area (Å²) in [6.07, 6.45) is 0.861. The van der Waals surface area contributed by atoms with Gasteiger partial charge in [-0.1, -0.05) is 12.1 Å². The van der Waals surface area contributed by atoms with E-state index in [0.29, 0.717) is 12.2 Å². The van der Waals surface area contributed by atoms with Crippen molar-refractivity contribution >= 4 is 0 Å². The first-order chi connectivity index (χ1) is 11.5. The highest BCUT2D eigenvalue weighted by Gasteiger charge is 2.24. The van der Waals surface area contributed by atoms with Crippen LogP contribution in [0.5, 0.6) is 5.75 Å². The van der Waals surface area contributed by atoms with Crippen LogP contribution in [0, 0.1) is 11.6 Å². The highest BCUT2D eigenvalue weighted by Crippen LogP contribution is 2.32. The van der Waals surface area contributed by atoms with Crippen LogP contribution in [0.4, 0.5) is 8.78 Å². The smallest absolute Gasteiger partial charge is 0.131 e. The summed E-state index contributed by atoms with van der Waals surface area (Å²) in [6, 6.07) is 9.40. The van der Waals surface area contributed by atoms with Crippen molar-refractivity contribution in [3.8, 4) is 5.75 Å². The van der Waals surface area contributed by atoms with E-state index in [9.17, 15) is 8.78 Å². The highest BCUT2D eigenvalue weighted by molar-refractivity contribution is 5.44. The van der Waals surface area contributed by atoms with E-state index >= 15 is 0 Å². The van der Waals surface area contributed by atoms with E-state index in [1.807, 2.05) is 32.3 Å². The van der Waals surface area contributed by atoms with E-state index in [2.05, 4.69) is 10.2 Å². The first-order valence-corrected chi connectivity index (χ1v) is 8.13. The van der Waals surface area contributed by atoms with E-state index in [1.54, 1.807) is 0 Å². The van der Waals surface area contributed by atoms with Gasteiger partial charge in [0.1, 0.15) is 24.0 Å². The Bertz CT molecular complexity index is 719. The molecule has 24 heavy (non-hydrogen) atoms. The van der Waals surface area contributed by atoms with Crippen LogP contribution in [0.1, 0.15) is 22.7 Å². The van der Waals surface area contributed by atoms with Crippen LogP contribution >= 0.6 is 0 Å². The van der Waals surface area contributed by atoms with Gasteiger partial charge >= 0.3 is 0 Å². The number of nitrogens with one attached hydrogen (secondary N) is 1. The lowest BCUT2D eigenvalue weighted by molar-refractivity contribution is 0.261. The van der Waals surface area contributed by atoms with Gasteiger partial charge in [0.15, 0.2) is 0 Å². The van der Waals surface area contributed by atoms with Crippen molar-refractivity contribution in [1.29, 1.82) is 0 Å². The molecule has 0 aliphatic carbocycles. The van der Waals surface area contributed by atoms with Gasteiger partial charge in [-0.2, -0.15) is 0 Å². The van der Waals surface area contributed by atoms with Crippen molar-refractivity contribution in [2.75, 3.05) is 33.8 Å². The van der Waals surface area contributed by atoms with Gasteiger partial charge in [-0.3, -0.25) is 0 Å². The standard InChI is InChI=1S/C19H22F2N2O/c1-23(2)9-10-24-15-4-6-16-13(11-15)7-8-22-19(16)17-5-3-14(20)12-18(17)21/h3-6,11-12,19,22H,7-10H2,1-2H3. The van der Waals surface area contributed by atoms with E-state index in [-0.39, 0.29) is 6.04 Å². The van der Waals surface area contributed by atoms with Crippen molar-refractivity contribution in [2.24, 2.45) is 0 Å². The fourth-order valence-electron chi connectivity index (χ4n) is 2.99. The quantitative estimate of drug-likeness (QED) is 0.910. The molecule has 0 radical (unpaired) electrons. The second-order valence-electron chi connectivity index (χ2n) is 6.32. The van der Waals surface area contributed by atoms with Crippen molar-refractivity contribution in [1.82, 2.24) is 10.2 Å². The largest absolute Gasteiger partial charge is 0.492 e. The van der Waals surface area contributed by atoms with Crippen molar-refractivity contribution < 1.29 is 13.5 Å². The Balaban J connectivity index is 1.83. The average Bonchev–Trinajstić information content (AvgIpc) is 2.54. The van der Waals surface area contributed by atoms with E-state index in [4.69, 9.17) is 4.74 Å². The zero-order chi connectivity index (χ0) is 17.1. The summed E-state index contributed by atoms with van der Waals surface area (Å²) in [5, 5.41) is 3.32. The van der Waals surface area contributed by atoms with Crippen LogP contribution in [0.3, 0.4) is 0 Å². The molecule has 1 atom stereocenters. The lowest BCUT2D eigenvalue weighted by atomic mass is 9.89. The molecular weight excluding hydrogens is 310 g/mol. The summed E-state index contributed by atoms with van der Waals surface area (Å²) in [5.41, 5.74) is 2.63. The topological polar surface area (TPSA) is 24.5 Å². The Labute approximate surface area is 141 Å². The molecule has 128 valence electrons. The second kappa shape index (κ2) is 7.28.